The lowest BCUT2D eigenvalue weighted by Gasteiger charge is -2.11. The molecule has 0 spiro atoms. The van der Waals surface area contributed by atoms with Crippen LogP contribution in [-0.4, -0.2) is 31.9 Å². The summed E-state index contributed by atoms with van der Waals surface area (Å²) < 4.78 is 9.10. The van der Waals surface area contributed by atoms with E-state index in [0.717, 1.165) is 16.3 Å². The Kier molecular flexibility index (Phi) is 8.47. The number of thioether (sulfide) groups is 1. The maximum atomic E-state index is 8.95. The van der Waals surface area contributed by atoms with Gasteiger partial charge in [0.05, 0.1) is 19.8 Å². The summed E-state index contributed by atoms with van der Waals surface area (Å²) in [5.74, 6) is 0.764. The van der Waals surface area contributed by atoms with E-state index in [2.05, 4.69) is 9.72 Å². The molecule has 1 heterocycles. The second-order valence-corrected chi connectivity index (χ2v) is 3.77. The summed E-state index contributed by atoms with van der Waals surface area (Å²) in [4.78, 5) is 13.2. The SMILES string of the molecule is C/C=C(\N)c1c(OC)ccnc1SC.COC=O. The van der Waals surface area contributed by atoms with E-state index >= 15 is 0 Å². The molecular formula is C12H18N2O3S. The second kappa shape index (κ2) is 9.35. The monoisotopic (exact) mass is 270 g/mol. The van der Waals surface area contributed by atoms with Crippen LogP contribution in [0.2, 0.25) is 0 Å². The number of carbonyl (C=O) groups is 1. The highest BCUT2D eigenvalue weighted by atomic mass is 32.2. The normalized spacial score (nSPS) is 10.1. The molecule has 1 aromatic heterocycles. The van der Waals surface area contributed by atoms with E-state index in [-0.39, 0.29) is 0 Å². The molecule has 0 unspecified atom stereocenters. The first-order valence-electron chi connectivity index (χ1n) is 5.11. The molecule has 6 heteroatoms. The number of ether oxygens (including phenoxy) is 2. The van der Waals surface area contributed by atoms with Crippen LogP contribution in [0.1, 0.15) is 12.5 Å². The molecule has 0 aliphatic rings. The van der Waals surface area contributed by atoms with Gasteiger partial charge in [-0.15, -0.1) is 11.8 Å². The Hall–Kier alpha value is -1.69. The minimum absolute atomic E-state index is 0.375. The van der Waals surface area contributed by atoms with Gasteiger partial charge in [0.15, 0.2) is 0 Å². The van der Waals surface area contributed by atoms with Crippen LogP contribution in [0, 0.1) is 0 Å². The maximum Gasteiger partial charge on any atom is 0.292 e. The van der Waals surface area contributed by atoms with Crippen molar-refractivity contribution in [2.24, 2.45) is 5.73 Å². The Morgan fingerprint density at radius 3 is 2.50 bits per heavy atom. The zero-order valence-electron chi connectivity index (χ0n) is 11.0. The van der Waals surface area contributed by atoms with Crippen molar-refractivity contribution in [1.82, 2.24) is 4.98 Å². The molecule has 0 amide bonds. The van der Waals surface area contributed by atoms with E-state index in [1.165, 1.54) is 7.11 Å². The lowest BCUT2D eigenvalue weighted by atomic mass is 10.2. The average molecular weight is 270 g/mol. The number of nitrogens with two attached hydrogens (primary N) is 1. The first kappa shape index (κ1) is 16.3. The highest BCUT2D eigenvalue weighted by Crippen LogP contribution is 2.30. The molecule has 0 atom stereocenters. The fourth-order valence-corrected chi connectivity index (χ4v) is 1.75. The smallest absolute Gasteiger partial charge is 0.292 e. The minimum atomic E-state index is 0.375. The van der Waals surface area contributed by atoms with Gasteiger partial charge in [0.1, 0.15) is 10.8 Å². The zero-order valence-corrected chi connectivity index (χ0v) is 11.8. The Bertz CT molecular complexity index is 386. The molecule has 2 N–H and O–H groups in total. The standard InChI is InChI=1S/C10H14N2OS.C2H4O2/c1-4-7(11)9-8(13-2)5-6-12-10(9)14-3;1-4-2-3/h4-6H,11H2,1-3H3;2H,1H3/b7-4-;. The number of hydrogen-bond acceptors (Lipinski definition) is 6. The third kappa shape index (κ3) is 4.67. The van der Waals surface area contributed by atoms with E-state index < -0.39 is 0 Å². The zero-order chi connectivity index (χ0) is 14.0. The molecule has 18 heavy (non-hydrogen) atoms. The van der Waals surface area contributed by atoms with E-state index in [1.54, 1.807) is 25.1 Å². The molecule has 1 rings (SSSR count). The van der Waals surface area contributed by atoms with Crippen molar-refractivity contribution in [2.75, 3.05) is 20.5 Å². The van der Waals surface area contributed by atoms with Gasteiger partial charge in [-0.2, -0.15) is 0 Å². The number of methoxy groups -OCH3 is 2. The van der Waals surface area contributed by atoms with Crippen LogP contribution in [-0.2, 0) is 9.53 Å². The molecule has 0 saturated carbocycles. The van der Waals surface area contributed by atoms with Crippen molar-refractivity contribution < 1.29 is 14.3 Å². The Balaban J connectivity index is 0.000000631. The lowest BCUT2D eigenvalue weighted by Crippen LogP contribution is -2.02. The number of nitrogens with zero attached hydrogens (tertiary/aromatic N) is 1. The van der Waals surface area contributed by atoms with Crippen LogP contribution in [0.4, 0.5) is 0 Å². The summed E-state index contributed by atoms with van der Waals surface area (Å²) >= 11 is 1.56. The lowest BCUT2D eigenvalue weighted by molar-refractivity contribution is -0.126. The molecular weight excluding hydrogens is 252 g/mol. The minimum Gasteiger partial charge on any atom is -0.496 e. The molecule has 1 aromatic rings. The van der Waals surface area contributed by atoms with Gasteiger partial charge in [-0.3, -0.25) is 4.79 Å². The predicted molar refractivity (Wildman–Crippen MR) is 73.5 cm³/mol. The van der Waals surface area contributed by atoms with Crippen LogP contribution in [0.3, 0.4) is 0 Å². The van der Waals surface area contributed by atoms with Gasteiger partial charge in [0.2, 0.25) is 0 Å². The molecule has 0 radical (unpaired) electrons. The van der Waals surface area contributed by atoms with Crippen LogP contribution < -0.4 is 10.5 Å². The number of carbonyl (C=O) groups excluding carboxylic acids is 1. The summed E-state index contributed by atoms with van der Waals surface area (Å²) in [6, 6.07) is 1.81. The molecule has 0 aromatic carbocycles. The van der Waals surface area contributed by atoms with Gasteiger partial charge in [0, 0.05) is 11.9 Å². The van der Waals surface area contributed by atoms with E-state index in [9.17, 15) is 0 Å². The van der Waals surface area contributed by atoms with Gasteiger partial charge in [-0.1, -0.05) is 6.08 Å². The first-order chi connectivity index (χ1) is 8.65. The number of allylic oxidation sites excluding steroid dienone is 1. The number of rotatable bonds is 4. The highest BCUT2D eigenvalue weighted by molar-refractivity contribution is 7.98. The summed E-state index contributed by atoms with van der Waals surface area (Å²) in [7, 11) is 2.94. The van der Waals surface area contributed by atoms with Crippen molar-refractivity contribution in [3.8, 4) is 5.75 Å². The predicted octanol–water partition coefficient (Wildman–Crippen LogP) is 1.92. The van der Waals surface area contributed by atoms with E-state index in [4.69, 9.17) is 15.3 Å². The van der Waals surface area contributed by atoms with E-state index in [0.29, 0.717) is 12.2 Å². The van der Waals surface area contributed by atoms with Crippen LogP contribution in [0.5, 0.6) is 5.75 Å². The number of aromatic nitrogens is 1. The quantitative estimate of drug-likeness (QED) is 0.665. The van der Waals surface area contributed by atoms with Crippen molar-refractivity contribution in [1.29, 1.82) is 0 Å². The maximum absolute atomic E-state index is 8.95. The highest BCUT2D eigenvalue weighted by Gasteiger charge is 2.11. The third-order valence-corrected chi connectivity index (χ3v) is 2.68. The molecule has 100 valence electrons. The molecule has 0 aliphatic heterocycles. The van der Waals surface area contributed by atoms with Crippen molar-refractivity contribution in [2.45, 2.75) is 11.9 Å². The van der Waals surface area contributed by atoms with Gasteiger partial charge in [-0.05, 0) is 19.2 Å². The Morgan fingerprint density at radius 2 is 2.11 bits per heavy atom. The third-order valence-electron chi connectivity index (χ3n) is 1.99. The van der Waals surface area contributed by atoms with Gasteiger partial charge in [-0.25, -0.2) is 4.98 Å². The fraction of sp³-hybridized carbons (Fsp3) is 0.333. The topological polar surface area (TPSA) is 74.4 Å². The largest absolute Gasteiger partial charge is 0.496 e. The average Bonchev–Trinajstić information content (AvgIpc) is 2.45. The van der Waals surface area contributed by atoms with Gasteiger partial charge in [0.25, 0.3) is 6.47 Å². The number of hydrogen-bond donors (Lipinski definition) is 1. The van der Waals surface area contributed by atoms with Crippen molar-refractivity contribution in [3.05, 3.63) is 23.9 Å². The number of pyridine rings is 1. The van der Waals surface area contributed by atoms with Crippen LogP contribution in [0.15, 0.2) is 23.4 Å². The summed E-state index contributed by atoms with van der Waals surface area (Å²) in [6.07, 6.45) is 5.53. The van der Waals surface area contributed by atoms with Gasteiger partial charge >= 0.3 is 0 Å². The van der Waals surface area contributed by atoms with Crippen molar-refractivity contribution >= 4 is 23.9 Å². The van der Waals surface area contributed by atoms with E-state index in [1.807, 2.05) is 25.3 Å². The molecule has 0 bridgehead atoms. The molecule has 5 nitrogen and oxygen atoms in total. The summed E-state index contributed by atoms with van der Waals surface area (Å²) in [5, 5.41) is 0.889. The molecule has 0 fully saturated rings. The molecule has 0 aliphatic carbocycles. The Morgan fingerprint density at radius 1 is 1.50 bits per heavy atom. The molecule has 0 saturated heterocycles. The van der Waals surface area contributed by atoms with Gasteiger partial charge < -0.3 is 15.2 Å². The summed E-state index contributed by atoms with van der Waals surface area (Å²) in [6.45, 7) is 2.27. The Labute approximate surface area is 111 Å². The fourth-order valence-electron chi connectivity index (χ4n) is 1.16. The summed E-state index contributed by atoms with van der Waals surface area (Å²) in [5.41, 5.74) is 7.45. The van der Waals surface area contributed by atoms with Crippen LogP contribution in [0.25, 0.3) is 5.70 Å². The second-order valence-electron chi connectivity index (χ2n) is 2.97. The van der Waals surface area contributed by atoms with Crippen molar-refractivity contribution in [3.63, 3.8) is 0 Å². The van der Waals surface area contributed by atoms with Crippen LogP contribution >= 0.6 is 11.8 Å². The first-order valence-corrected chi connectivity index (χ1v) is 6.34.